The molecule has 0 radical (unpaired) electrons. The Morgan fingerprint density at radius 3 is 1.45 bits per heavy atom. The number of aliphatic hydroxyl groups excluding tert-OH is 1. The number of carbonyl (C=O) groups excluding carboxylic acids is 7. The molecule has 2 aliphatic heterocycles. The van der Waals surface area contributed by atoms with E-state index in [2.05, 4.69) is 0 Å². The van der Waals surface area contributed by atoms with Crippen LogP contribution in [0.2, 0.25) is 0 Å². The number of hydrogen-bond donors (Lipinski definition) is 1. The Balaban J connectivity index is 2.67. The van der Waals surface area contributed by atoms with Gasteiger partial charge in [-0.15, -0.1) is 0 Å². The second kappa shape index (κ2) is 15.7. The van der Waals surface area contributed by atoms with Gasteiger partial charge in [-0.05, 0) is 0 Å². The highest BCUT2D eigenvalue weighted by molar-refractivity contribution is 5.69. The Labute approximate surface area is 251 Å². The van der Waals surface area contributed by atoms with Crippen molar-refractivity contribution in [3.8, 4) is 0 Å². The Bertz CT molecular complexity index is 1100. The molecule has 2 heterocycles. The molecule has 0 spiro atoms. The van der Waals surface area contributed by atoms with E-state index in [-0.39, 0.29) is 0 Å². The van der Waals surface area contributed by atoms with Crippen LogP contribution < -0.4 is 0 Å². The summed E-state index contributed by atoms with van der Waals surface area (Å²) in [6.07, 6.45) is -12.9. The molecule has 0 amide bonds. The number of rotatable bonds is 12. The fourth-order valence-electron chi connectivity index (χ4n) is 4.57. The molecule has 0 bridgehead atoms. The lowest BCUT2D eigenvalue weighted by Gasteiger charge is -2.46. The largest absolute Gasteiger partial charge is 0.463 e. The number of aliphatic hydroxyl groups is 1. The van der Waals surface area contributed by atoms with Gasteiger partial charge < -0.3 is 52.5 Å². The lowest BCUT2D eigenvalue weighted by Crippen LogP contribution is -2.65. The third kappa shape index (κ3) is 9.83. The number of ether oxygens (including phenoxy) is 10. The topological polar surface area (TPSA) is 232 Å². The van der Waals surface area contributed by atoms with Crippen LogP contribution in [0.4, 0.5) is 0 Å². The minimum absolute atomic E-state index is 0.561. The molecule has 1 N–H and O–H groups in total. The molecule has 18 heteroatoms. The van der Waals surface area contributed by atoms with E-state index < -0.39 is 116 Å². The van der Waals surface area contributed by atoms with Crippen molar-refractivity contribution in [3.63, 3.8) is 0 Å². The van der Waals surface area contributed by atoms with E-state index in [0.29, 0.717) is 0 Å². The minimum Gasteiger partial charge on any atom is -0.463 e. The lowest BCUT2D eigenvalue weighted by molar-refractivity contribution is -0.384. The van der Waals surface area contributed by atoms with Gasteiger partial charge in [-0.3, -0.25) is 33.6 Å². The van der Waals surface area contributed by atoms with E-state index in [1.54, 1.807) is 0 Å². The Morgan fingerprint density at radius 2 is 1.00 bits per heavy atom. The molecule has 0 aliphatic carbocycles. The first kappa shape index (κ1) is 36.3. The van der Waals surface area contributed by atoms with Gasteiger partial charge in [0.1, 0.15) is 32.0 Å². The van der Waals surface area contributed by atoms with Crippen LogP contribution in [-0.2, 0) is 80.9 Å². The summed E-state index contributed by atoms with van der Waals surface area (Å²) < 4.78 is 54.4. The predicted molar refractivity (Wildman–Crippen MR) is 135 cm³/mol. The van der Waals surface area contributed by atoms with Crippen LogP contribution in [0.3, 0.4) is 0 Å². The SMILES string of the molecule is CC(=O)OC[C@H]1O[C@@](CO)(O[C@H]2O[C@H](COC(C)=O)[C@@H](OC(C)=O)[C@H](OC(C)=O)[C@H]2OC(C)=O)[C@@H](OC(C)=O)[C@@H]1OC(C)=O. The quantitative estimate of drug-likeness (QED) is 0.192. The lowest BCUT2D eigenvalue weighted by atomic mass is 9.97. The van der Waals surface area contributed by atoms with Crippen LogP contribution in [0, 0.1) is 0 Å². The molecule has 0 saturated carbocycles. The number of hydrogen-bond acceptors (Lipinski definition) is 18. The minimum atomic E-state index is -2.47. The summed E-state index contributed by atoms with van der Waals surface area (Å²) in [5, 5.41) is 10.6. The molecular formula is C26H36O18. The average molecular weight is 637 g/mol. The van der Waals surface area contributed by atoms with Crippen molar-refractivity contribution in [2.45, 2.75) is 103 Å². The molecule has 248 valence electrons. The highest BCUT2D eigenvalue weighted by Crippen LogP contribution is 2.40. The molecule has 0 aromatic heterocycles. The molecule has 2 saturated heterocycles. The predicted octanol–water partition coefficient (Wildman–Crippen LogP) is -1.40. The maximum atomic E-state index is 12.2. The van der Waals surface area contributed by atoms with Crippen LogP contribution in [0.15, 0.2) is 0 Å². The van der Waals surface area contributed by atoms with Gasteiger partial charge in [-0.25, -0.2) is 0 Å². The summed E-state index contributed by atoms with van der Waals surface area (Å²) >= 11 is 0. The van der Waals surface area contributed by atoms with Crippen molar-refractivity contribution in [1.29, 1.82) is 0 Å². The van der Waals surface area contributed by atoms with Gasteiger partial charge in [0.05, 0.1) is 0 Å². The number of esters is 7. The maximum absolute atomic E-state index is 12.2. The van der Waals surface area contributed by atoms with E-state index in [0.717, 1.165) is 48.5 Å². The first-order chi connectivity index (χ1) is 20.5. The van der Waals surface area contributed by atoms with Crippen molar-refractivity contribution < 1.29 is 86.0 Å². The molecule has 0 aromatic rings. The van der Waals surface area contributed by atoms with Gasteiger partial charge in [-0.2, -0.15) is 0 Å². The van der Waals surface area contributed by atoms with Crippen molar-refractivity contribution in [2.75, 3.05) is 19.8 Å². The molecule has 0 unspecified atom stereocenters. The van der Waals surface area contributed by atoms with Crippen LogP contribution >= 0.6 is 0 Å². The summed E-state index contributed by atoms with van der Waals surface area (Å²) in [7, 11) is 0. The zero-order valence-electron chi connectivity index (χ0n) is 25.1. The smallest absolute Gasteiger partial charge is 0.303 e. The van der Waals surface area contributed by atoms with Gasteiger partial charge in [0.2, 0.25) is 12.1 Å². The maximum Gasteiger partial charge on any atom is 0.303 e. The molecular weight excluding hydrogens is 600 g/mol. The fraction of sp³-hybridized carbons (Fsp3) is 0.731. The molecule has 44 heavy (non-hydrogen) atoms. The summed E-state index contributed by atoms with van der Waals surface area (Å²) in [5.41, 5.74) is 0. The normalized spacial score (nSPS) is 31.2. The zero-order valence-corrected chi connectivity index (χ0v) is 25.1. The van der Waals surface area contributed by atoms with E-state index in [1.807, 2.05) is 0 Å². The van der Waals surface area contributed by atoms with E-state index in [4.69, 9.17) is 47.4 Å². The number of carbonyl (C=O) groups is 7. The van der Waals surface area contributed by atoms with E-state index >= 15 is 0 Å². The van der Waals surface area contributed by atoms with Gasteiger partial charge in [0.15, 0.2) is 30.5 Å². The van der Waals surface area contributed by atoms with Crippen molar-refractivity contribution in [3.05, 3.63) is 0 Å². The molecule has 2 rings (SSSR count). The summed E-state index contributed by atoms with van der Waals surface area (Å²) in [6, 6.07) is 0. The summed E-state index contributed by atoms with van der Waals surface area (Å²) in [5.74, 6) is -8.53. The van der Waals surface area contributed by atoms with E-state index in [1.165, 1.54) is 0 Å². The fourth-order valence-corrected chi connectivity index (χ4v) is 4.57. The van der Waals surface area contributed by atoms with Crippen LogP contribution in [0.1, 0.15) is 48.5 Å². The molecule has 2 aliphatic rings. The highest BCUT2D eigenvalue weighted by Gasteiger charge is 2.64. The Kier molecular flexibility index (Phi) is 13.0. The van der Waals surface area contributed by atoms with Crippen LogP contribution in [-0.4, -0.2) is 122 Å². The van der Waals surface area contributed by atoms with Gasteiger partial charge >= 0.3 is 41.8 Å². The van der Waals surface area contributed by atoms with Crippen molar-refractivity contribution in [1.82, 2.24) is 0 Å². The second-order valence-corrected chi connectivity index (χ2v) is 9.72. The monoisotopic (exact) mass is 636 g/mol. The van der Waals surface area contributed by atoms with Crippen molar-refractivity contribution >= 4 is 41.8 Å². The first-order valence-corrected chi connectivity index (χ1v) is 13.2. The molecule has 18 nitrogen and oxygen atoms in total. The third-order valence-electron chi connectivity index (χ3n) is 5.98. The average Bonchev–Trinajstić information content (AvgIpc) is 3.15. The third-order valence-corrected chi connectivity index (χ3v) is 5.98. The van der Waals surface area contributed by atoms with Crippen molar-refractivity contribution in [2.24, 2.45) is 0 Å². The van der Waals surface area contributed by atoms with Gasteiger partial charge in [0, 0.05) is 48.5 Å². The molecule has 2 fully saturated rings. The van der Waals surface area contributed by atoms with Gasteiger partial charge in [0.25, 0.3) is 0 Å². The molecule has 9 atom stereocenters. The summed E-state index contributed by atoms with van der Waals surface area (Å²) in [6.45, 7) is 4.96. The van der Waals surface area contributed by atoms with Crippen LogP contribution in [0.25, 0.3) is 0 Å². The Morgan fingerprint density at radius 1 is 0.568 bits per heavy atom. The zero-order chi connectivity index (χ0) is 33.4. The highest BCUT2D eigenvalue weighted by atomic mass is 16.8. The standard InChI is InChI=1S/C26H36O18/c1-11(28)35-8-18-20(37-13(3)30)22(39-15(5)32)23(40-16(6)33)25(42-18)44-26(10-27)24(41-17(7)34)21(38-14(4)31)19(43-26)9-36-12(2)29/h18-25,27H,8-10H2,1-7H3/t18-,19-,20-,21-,22+,23-,24+,25-,26+/m1/s1. The van der Waals surface area contributed by atoms with Gasteiger partial charge in [-0.1, -0.05) is 0 Å². The summed E-state index contributed by atoms with van der Waals surface area (Å²) in [4.78, 5) is 83.5. The Hall–Kier alpha value is -3.87. The first-order valence-electron chi connectivity index (χ1n) is 13.2. The molecule has 0 aromatic carbocycles. The van der Waals surface area contributed by atoms with E-state index in [9.17, 15) is 38.7 Å². The van der Waals surface area contributed by atoms with Crippen LogP contribution in [0.5, 0.6) is 0 Å². The second-order valence-electron chi connectivity index (χ2n) is 9.72.